The van der Waals surface area contributed by atoms with Crippen molar-refractivity contribution in [2.24, 2.45) is 0 Å². The Morgan fingerprint density at radius 2 is 1.93 bits per heavy atom. The molecule has 1 aromatic heterocycles. The van der Waals surface area contributed by atoms with Crippen LogP contribution in [0.1, 0.15) is 6.23 Å². The van der Waals surface area contributed by atoms with Crippen molar-refractivity contribution in [1.29, 1.82) is 0 Å². The Balaban J connectivity index is 1.89. The summed E-state index contributed by atoms with van der Waals surface area (Å²) in [5.74, 6) is 0. The summed E-state index contributed by atoms with van der Waals surface area (Å²) in [4.78, 5) is 35.2. The number of rotatable bonds is 5. The number of H-pyrrole nitrogens is 1. The van der Waals surface area contributed by atoms with E-state index in [2.05, 4.69) is 0 Å². The van der Waals surface area contributed by atoms with Gasteiger partial charge >= 0.3 is 161 Å². The van der Waals surface area contributed by atoms with Crippen LogP contribution < -0.4 is 15.7 Å². The predicted octanol–water partition coefficient (Wildman–Crippen LogP) is -2.29. The normalized spacial score (nSPS) is 26.7. The summed E-state index contributed by atoms with van der Waals surface area (Å²) in [5, 5.41) is 41.6. The van der Waals surface area contributed by atoms with E-state index < -0.39 is 66.1 Å². The zero-order valence-corrected chi connectivity index (χ0v) is 15.6. The number of aliphatic hydroxyl groups excluding tert-OH is 2. The number of nitro benzene ring substituents is 1. The van der Waals surface area contributed by atoms with Gasteiger partial charge in [-0.2, -0.15) is 0 Å². The molecule has 150 valence electrons. The standard InChI is InChI=1S/C15H14FN3O8Se/c16-15(24,28-8-4-2-1-3-7(8)19(25)26)12-10(21)11(22)13(27-12)18-6-5-9(20)17-14(18)23/h1-6,10-13,21-22,24H,(H,17,20,23)/t10-,11+,12-,13+,15?/m0/s1. The number of nitrogens with zero attached hydrogens (tertiary/aromatic N) is 2. The number of halogens is 1. The number of benzene rings is 1. The first-order chi connectivity index (χ1) is 13.1. The third kappa shape index (κ3) is 3.76. The maximum atomic E-state index is 15.0. The van der Waals surface area contributed by atoms with E-state index in [1.807, 2.05) is 4.98 Å². The van der Waals surface area contributed by atoms with E-state index in [1.54, 1.807) is 0 Å². The van der Waals surface area contributed by atoms with Gasteiger partial charge in [0.15, 0.2) is 0 Å². The number of nitrogens with one attached hydrogen (secondary N) is 1. The fourth-order valence-corrected chi connectivity index (χ4v) is 4.84. The average Bonchev–Trinajstić information content (AvgIpc) is 2.91. The maximum absolute atomic E-state index is 15.0. The third-order valence-corrected chi connectivity index (χ3v) is 6.30. The molecule has 1 aromatic carbocycles. The third-order valence-electron chi connectivity index (χ3n) is 4.03. The molecule has 4 N–H and O–H groups in total. The van der Waals surface area contributed by atoms with Crippen LogP contribution in [-0.4, -0.2) is 67.8 Å². The average molecular weight is 462 g/mol. The Kier molecular flexibility index (Phi) is 5.48. The van der Waals surface area contributed by atoms with Gasteiger partial charge in [0.05, 0.1) is 0 Å². The minimum absolute atomic E-state index is 0.0973. The van der Waals surface area contributed by atoms with Gasteiger partial charge in [-0.1, -0.05) is 0 Å². The van der Waals surface area contributed by atoms with Crippen molar-refractivity contribution < 1.29 is 29.4 Å². The van der Waals surface area contributed by atoms with Gasteiger partial charge in [-0.15, -0.1) is 0 Å². The van der Waals surface area contributed by atoms with Crippen LogP contribution in [0.4, 0.5) is 10.1 Å². The van der Waals surface area contributed by atoms with Crippen LogP contribution in [0, 0.1) is 10.1 Å². The first-order valence-electron chi connectivity index (χ1n) is 7.78. The van der Waals surface area contributed by atoms with Crippen molar-refractivity contribution in [2.45, 2.75) is 29.3 Å². The number of hydrogen-bond acceptors (Lipinski definition) is 8. The van der Waals surface area contributed by atoms with Crippen molar-refractivity contribution >= 4 is 25.1 Å². The molecule has 1 aliphatic rings. The van der Waals surface area contributed by atoms with E-state index in [-0.39, 0.29) is 4.46 Å². The second-order valence-corrected chi connectivity index (χ2v) is 8.43. The number of alkyl halides is 1. The second-order valence-electron chi connectivity index (χ2n) is 5.88. The molecule has 1 aliphatic heterocycles. The summed E-state index contributed by atoms with van der Waals surface area (Å²) < 4.78 is 17.6. The van der Waals surface area contributed by atoms with Crippen molar-refractivity contribution in [2.75, 3.05) is 0 Å². The number of aliphatic hydroxyl groups is 3. The van der Waals surface area contributed by atoms with Gasteiger partial charge < -0.3 is 0 Å². The van der Waals surface area contributed by atoms with E-state index in [4.69, 9.17) is 4.74 Å². The number of nitro groups is 1. The molecule has 1 unspecified atom stereocenters. The monoisotopic (exact) mass is 463 g/mol. The molecule has 28 heavy (non-hydrogen) atoms. The molecule has 0 saturated carbocycles. The molecule has 0 bridgehead atoms. The summed E-state index contributed by atoms with van der Waals surface area (Å²) in [6.07, 6.45) is -6.35. The van der Waals surface area contributed by atoms with Crippen LogP contribution in [0.5, 0.6) is 0 Å². The van der Waals surface area contributed by atoms with Gasteiger partial charge in [0.1, 0.15) is 0 Å². The summed E-state index contributed by atoms with van der Waals surface area (Å²) in [7, 11) is 0. The number of para-hydroxylation sites is 1. The molecule has 1 saturated heterocycles. The minimum atomic E-state index is -3.25. The van der Waals surface area contributed by atoms with Crippen LogP contribution in [0.15, 0.2) is 46.1 Å². The van der Waals surface area contributed by atoms with Crippen LogP contribution in [0.2, 0.25) is 0 Å². The fraction of sp³-hybridized carbons (Fsp3) is 0.333. The zero-order chi connectivity index (χ0) is 20.6. The topological polar surface area (TPSA) is 168 Å². The molecule has 0 radical (unpaired) electrons. The van der Waals surface area contributed by atoms with Gasteiger partial charge in [0.2, 0.25) is 0 Å². The fourth-order valence-electron chi connectivity index (χ4n) is 2.72. The van der Waals surface area contributed by atoms with Crippen LogP contribution in [0.25, 0.3) is 0 Å². The number of ether oxygens (including phenoxy) is 1. The van der Waals surface area contributed by atoms with Gasteiger partial charge in [0, 0.05) is 0 Å². The molecule has 1 fully saturated rings. The van der Waals surface area contributed by atoms with Crippen LogP contribution in [0.3, 0.4) is 0 Å². The van der Waals surface area contributed by atoms with Crippen LogP contribution >= 0.6 is 0 Å². The first kappa shape index (κ1) is 20.3. The zero-order valence-electron chi connectivity index (χ0n) is 13.8. The van der Waals surface area contributed by atoms with Crippen molar-refractivity contribution in [3.63, 3.8) is 0 Å². The number of aromatic amines is 1. The molecule has 0 spiro atoms. The molecule has 13 heteroatoms. The summed E-state index contributed by atoms with van der Waals surface area (Å²) in [5.41, 5.74) is -2.11. The van der Waals surface area contributed by atoms with E-state index >= 15 is 4.39 Å². The van der Waals surface area contributed by atoms with Gasteiger partial charge in [-0.3, -0.25) is 0 Å². The number of aromatic nitrogens is 2. The van der Waals surface area contributed by atoms with Gasteiger partial charge in [-0.25, -0.2) is 0 Å². The Morgan fingerprint density at radius 1 is 1.25 bits per heavy atom. The second kappa shape index (κ2) is 7.54. The first-order valence-corrected chi connectivity index (χ1v) is 9.50. The molecule has 2 aromatic rings. The van der Waals surface area contributed by atoms with E-state index in [1.165, 1.54) is 18.2 Å². The van der Waals surface area contributed by atoms with Crippen LogP contribution in [-0.2, 0) is 4.74 Å². The summed E-state index contributed by atoms with van der Waals surface area (Å²) in [6, 6.07) is 6.14. The quantitative estimate of drug-likeness (QED) is 0.219. The SMILES string of the molecule is O=c1ccn([C@@H]2O[C@H](C(O)(F)[Se]c3ccccc3[N+](=O)[O-])[C@@H](O)[C@H]2O)c(=O)[nH]1. The van der Waals surface area contributed by atoms with Crippen molar-refractivity contribution in [3.05, 3.63) is 67.5 Å². The Morgan fingerprint density at radius 3 is 2.57 bits per heavy atom. The molecule has 3 rings (SSSR count). The number of hydrogen-bond donors (Lipinski definition) is 4. The molecule has 0 amide bonds. The summed E-state index contributed by atoms with van der Waals surface area (Å²) in [6.45, 7) is 0. The Bertz CT molecular complexity index is 1010. The summed E-state index contributed by atoms with van der Waals surface area (Å²) >= 11 is -1.60. The molecular weight excluding hydrogens is 448 g/mol. The molecule has 2 heterocycles. The van der Waals surface area contributed by atoms with E-state index in [0.29, 0.717) is 0 Å². The van der Waals surface area contributed by atoms with Crippen molar-refractivity contribution in [1.82, 2.24) is 9.55 Å². The molecule has 5 atom stereocenters. The molecule has 0 aliphatic carbocycles. The molecular formula is C15H14FN3O8Se. The Labute approximate surface area is 161 Å². The van der Waals surface area contributed by atoms with Gasteiger partial charge in [-0.05, 0) is 0 Å². The van der Waals surface area contributed by atoms with E-state index in [0.717, 1.165) is 22.9 Å². The van der Waals surface area contributed by atoms with Crippen molar-refractivity contribution in [3.8, 4) is 0 Å². The van der Waals surface area contributed by atoms with E-state index in [9.17, 15) is 35.0 Å². The van der Waals surface area contributed by atoms with Gasteiger partial charge in [0.25, 0.3) is 0 Å². The Hall–Kier alpha value is -2.41. The molecule has 11 nitrogen and oxygen atoms in total. The predicted molar refractivity (Wildman–Crippen MR) is 91.8 cm³/mol.